The molecule has 3 heterocycles. The van der Waals surface area contributed by atoms with Crippen LogP contribution < -0.4 is 0 Å². The van der Waals surface area contributed by atoms with Crippen LogP contribution in [0.1, 0.15) is 30.5 Å². The number of benzene rings is 1. The minimum Gasteiger partial charge on any atom is -0.381 e. The van der Waals surface area contributed by atoms with Crippen molar-refractivity contribution in [3.8, 4) is 5.69 Å². The van der Waals surface area contributed by atoms with Crippen LogP contribution in [0.15, 0.2) is 30.5 Å². The molecule has 5 heteroatoms. The third-order valence-corrected chi connectivity index (χ3v) is 5.76. The average Bonchev–Trinajstić information content (AvgIpc) is 3.27. The minimum atomic E-state index is -0.240. The van der Waals surface area contributed by atoms with Crippen LogP contribution in [0.5, 0.6) is 0 Å². The summed E-state index contributed by atoms with van der Waals surface area (Å²) in [6.45, 7) is 7.07. The lowest BCUT2D eigenvalue weighted by Crippen LogP contribution is -2.35. The van der Waals surface area contributed by atoms with E-state index < -0.39 is 0 Å². The Morgan fingerprint density at radius 1 is 1.16 bits per heavy atom. The van der Waals surface area contributed by atoms with E-state index in [0.717, 1.165) is 50.4 Å². The van der Waals surface area contributed by atoms with Crippen molar-refractivity contribution in [2.24, 2.45) is 11.8 Å². The summed E-state index contributed by atoms with van der Waals surface area (Å²) in [5, 5.41) is 4.52. The maximum Gasteiger partial charge on any atom is 0.148 e. The molecule has 1 aromatic heterocycles. The van der Waals surface area contributed by atoms with Gasteiger partial charge in [-0.25, -0.2) is 9.07 Å². The fourth-order valence-corrected chi connectivity index (χ4v) is 4.16. The van der Waals surface area contributed by atoms with Gasteiger partial charge in [0.1, 0.15) is 11.5 Å². The number of nitrogens with zero attached hydrogens (tertiary/aromatic N) is 3. The first-order valence-corrected chi connectivity index (χ1v) is 9.31. The Labute approximate surface area is 148 Å². The van der Waals surface area contributed by atoms with Crippen molar-refractivity contribution in [2.45, 2.75) is 32.7 Å². The fraction of sp³-hybridized carbons (Fsp3) is 0.550. The van der Waals surface area contributed by atoms with Gasteiger partial charge in [-0.15, -0.1) is 0 Å². The third kappa shape index (κ3) is 3.62. The summed E-state index contributed by atoms with van der Waals surface area (Å²) < 4.78 is 21.2. The van der Waals surface area contributed by atoms with E-state index in [0.29, 0.717) is 5.69 Å². The molecule has 0 amide bonds. The van der Waals surface area contributed by atoms with Gasteiger partial charge < -0.3 is 4.74 Å². The predicted octanol–water partition coefficient (Wildman–Crippen LogP) is 3.57. The van der Waals surface area contributed by atoms with E-state index >= 15 is 0 Å². The summed E-state index contributed by atoms with van der Waals surface area (Å²) in [4.78, 5) is 2.50. The Kier molecular flexibility index (Phi) is 4.86. The van der Waals surface area contributed by atoms with Gasteiger partial charge in [0.15, 0.2) is 0 Å². The van der Waals surface area contributed by atoms with Crippen LogP contribution in [0.25, 0.3) is 5.69 Å². The fourth-order valence-electron chi connectivity index (χ4n) is 4.16. The van der Waals surface area contributed by atoms with Crippen molar-refractivity contribution in [3.05, 3.63) is 47.5 Å². The van der Waals surface area contributed by atoms with Gasteiger partial charge in [0.2, 0.25) is 0 Å². The number of hydrogen-bond donors (Lipinski definition) is 0. The van der Waals surface area contributed by atoms with Gasteiger partial charge in [0.25, 0.3) is 0 Å². The molecule has 0 radical (unpaired) electrons. The Balaban J connectivity index is 1.39. The van der Waals surface area contributed by atoms with Gasteiger partial charge in [0.05, 0.1) is 5.69 Å². The Morgan fingerprint density at radius 3 is 2.68 bits per heavy atom. The number of hydrogen-bond acceptors (Lipinski definition) is 3. The highest BCUT2D eigenvalue weighted by molar-refractivity contribution is 5.34. The molecule has 4 rings (SSSR count). The molecule has 2 fully saturated rings. The lowest BCUT2D eigenvalue weighted by molar-refractivity contribution is 0.122. The normalized spacial score (nSPS) is 22.6. The molecule has 1 unspecified atom stereocenters. The Morgan fingerprint density at radius 2 is 1.96 bits per heavy atom. The zero-order chi connectivity index (χ0) is 17.2. The molecule has 0 bridgehead atoms. The second-order valence-corrected chi connectivity index (χ2v) is 7.37. The largest absolute Gasteiger partial charge is 0.381 e. The van der Waals surface area contributed by atoms with Crippen LogP contribution in [0.2, 0.25) is 0 Å². The van der Waals surface area contributed by atoms with Crippen LogP contribution in [0.4, 0.5) is 4.39 Å². The van der Waals surface area contributed by atoms with Gasteiger partial charge >= 0.3 is 0 Å². The maximum absolute atomic E-state index is 14.0. The molecule has 4 nitrogen and oxygen atoms in total. The molecule has 0 N–H and O–H groups in total. The third-order valence-electron chi connectivity index (χ3n) is 5.76. The lowest BCUT2D eigenvalue weighted by atomic mass is 9.84. The second-order valence-electron chi connectivity index (χ2n) is 7.37. The number of aryl methyl sites for hydroxylation is 1. The highest BCUT2D eigenvalue weighted by atomic mass is 19.1. The van der Waals surface area contributed by atoms with E-state index in [1.165, 1.54) is 30.9 Å². The van der Waals surface area contributed by atoms with E-state index in [9.17, 15) is 4.39 Å². The molecular formula is C20H26FN3O. The zero-order valence-electron chi connectivity index (χ0n) is 14.8. The van der Waals surface area contributed by atoms with Crippen LogP contribution in [0, 0.1) is 24.6 Å². The van der Waals surface area contributed by atoms with Gasteiger partial charge in [-0.2, -0.15) is 5.10 Å². The first-order chi connectivity index (χ1) is 12.2. The summed E-state index contributed by atoms with van der Waals surface area (Å²) in [5.74, 6) is 1.35. The number of rotatable bonds is 4. The van der Waals surface area contributed by atoms with E-state index in [4.69, 9.17) is 4.74 Å². The molecule has 1 atom stereocenters. The van der Waals surface area contributed by atoms with Gasteiger partial charge in [-0.1, -0.05) is 12.1 Å². The lowest BCUT2D eigenvalue weighted by Gasteiger charge is -2.34. The topological polar surface area (TPSA) is 30.3 Å². The van der Waals surface area contributed by atoms with Gasteiger partial charge in [-0.05, 0) is 63.2 Å². The molecule has 25 heavy (non-hydrogen) atoms. The summed E-state index contributed by atoms with van der Waals surface area (Å²) in [7, 11) is 0. The maximum atomic E-state index is 14.0. The molecule has 2 aromatic rings. The predicted molar refractivity (Wildman–Crippen MR) is 95.2 cm³/mol. The summed E-state index contributed by atoms with van der Waals surface area (Å²) in [5.41, 5.74) is 2.68. The monoisotopic (exact) mass is 343 g/mol. The number of aromatic nitrogens is 2. The van der Waals surface area contributed by atoms with Crippen LogP contribution in [-0.2, 0) is 11.3 Å². The standard InChI is InChI=1S/C20H26FN3O/c1-15-18(13-24(22-15)20-5-3-2-4-19(20)21)12-23-9-6-16(7-10-23)17-8-11-25-14-17/h2-5,13,16-17H,6-12,14H2,1H3. The minimum absolute atomic E-state index is 0.240. The molecule has 1 aromatic carbocycles. The van der Waals surface area contributed by atoms with Crippen molar-refractivity contribution in [3.63, 3.8) is 0 Å². The van der Waals surface area contributed by atoms with Crippen molar-refractivity contribution >= 4 is 0 Å². The molecule has 2 saturated heterocycles. The molecule has 0 aliphatic carbocycles. The summed E-state index contributed by atoms with van der Waals surface area (Å²) in [6.07, 6.45) is 5.73. The highest BCUT2D eigenvalue weighted by Crippen LogP contribution is 2.31. The smallest absolute Gasteiger partial charge is 0.148 e. The van der Waals surface area contributed by atoms with E-state index in [1.54, 1.807) is 16.8 Å². The number of halogens is 1. The second kappa shape index (κ2) is 7.26. The number of ether oxygens (including phenoxy) is 1. The van der Waals surface area contributed by atoms with Gasteiger partial charge in [-0.3, -0.25) is 4.90 Å². The Bertz CT molecular complexity index is 715. The van der Waals surface area contributed by atoms with Gasteiger partial charge in [0, 0.05) is 31.5 Å². The number of para-hydroxylation sites is 1. The molecule has 0 spiro atoms. The van der Waals surface area contributed by atoms with Crippen molar-refractivity contribution < 1.29 is 9.13 Å². The SMILES string of the molecule is Cc1nn(-c2ccccc2F)cc1CN1CCC(C2CCOC2)CC1. The number of likely N-dealkylation sites (tertiary alicyclic amines) is 1. The van der Waals surface area contributed by atoms with Crippen molar-refractivity contribution in [1.82, 2.24) is 14.7 Å². The summed E-state index contributed by atoms with van der Waals surface area (Å²) in [6, 6.07) is 6.78. The quantitative estimate of drug-likeness (QED) is 0.850. The first kappa shape index (κ1) is 16.7. The first-order valence-electron chi connectivity index (χ1n) is 9.31. The summed E-state index contributed by atoms with van der Waals surface area (Å²) >= 11 is 0. The highest BCUT2D eigenvalue weighted by Gasteiger charge is 2.29. The number of piperidine rings is 1. The van der Waals surface area contributed by atoms with Crippen molar-refractivity contribution in [2.75, 3.05) is 26.3 Å². The van der Waals surface area contributed by atoms with Crippen molar-refractivity contribution in [1.29, 1.82) is 0 Å². The van der Waals surface area contributed by atoms with Crippen LogP contribution in [-0.4, -0.2) is 41.0 Å². The Hall–Kier alpha value is -1.72. The molecule has 134 valence electrons. The molecular weight excluding hydrogens is 317 g/mol. The average molecular weight is 343 g/mol. The van der Waals surface area contributed by atoms with E-state index in [-0.39, 0.29) is 5.82 Å². The van der Waals surface area contributed by atoms with E-state index in [1.807, 2.05) is 19.2 Å². The molecule has 0 saturated carbocycles. The molecule has 2 aliphatic rings. The van der Waals surface area contributed by atoms with Crippen LogP contribution >= 0.6 is 0 Å². The molecule has 2 aliphatic heterocycles. The van der Waals surface area contributed by atoms with E-state index in [2.05, 4.69) is 10.00 Å². The zero-order valence-corrected chi connectivity index (χ0v) is 14.8. The van der Waals surface area contributed by atoms with Crippen LogP contribution in [0.3, 0.4) is 0 Å².